The molecule has 2 heterocycles. The number of primary amides is 1. The van der Waals surface area contributed by atoms with Crippen LogP contribution in [0.25, 0.3) is 0 Å². The zero-order chi connectivity index (χ0) is 47.2. The third-order valence-corrected chi connectivity index (χ3v) is 10.1. The summed E-state index contributed by atoms with van der Waals surface area (Å²) in [5.41, 5.74) is 5.27. The van der Waals surface area contributed by atoms with Gasteiger partial charge in [-0.15, -0.1) is 0 Å². The first-order valence-corrected chi connectivity index (χ1v) is 20.1. The molecule has 0 aromatic heterocycles. The van der Waals surface area contributed by atoms with Gasteiger partial charge in [0.2, 0.25) is 41.4 Å². The Morgan fingerprint density at radius 2 is 1.39 bits per heavy atom. The van der Waals surface area contributed by atoms with Crippen molar-refractivity contribution in [3.05, 3.63) is 0 Å². The number of nitrogens with zero attached hydrogens (tertiary/aromatic N) is 1. The van der Waals surface area contributed by atoms with E-state index < -0.39 is 151 Å². The summed E-state index contributed by atoms with van der Waals surface area (Å²) in [5.74, 6) is -9.07. The van der Waals surface area contributed by atoms with Crippen LogP contribution in [0.5, 0.6) is 0 Å². The van der Waals surface area contributed by atoms with Crippen molar-refractivity contribution in [2.24, 2.45) is 11.7 Å². The van der Waals surface area contributed by atoms with E-state index in [2.05, 4.69) is 26.6 Å². The fourth-order valence-corrected chi connectivity index (χ4v) is 6.85. The first kappa shape index (κ1) is 52.7. The number of hydrogen-bond donors (Lipinski definition) is 8. The third kappa shape index (κ3) is 15.2. The molecular formula is C38H61N7O17. The van der Waals surface area contributed by atoms with Crippen LogP contribution in [0.3, 0.4) is 0 Å². The maximum absolute atomic E-state index is 14.7. The Kier molecular flexibility index (Phi) is 20.6. The fraction of sp³-hybridized carbons (Fsp3) is 0.737. The van der Waals surface area contributed by atoms with Gasteiger partial charge >= 0.3 is 17.9 Å². The molecule has 2 aliphatic rings. The standard InChI is InChI=1S/C38H61N7O17/c1-10-16(2)27(35(55)42-24(14-46)33(39)53)43-34(54)25-12-11-13-45(25)37(57)29(44-36(56)28(17(3)47)40-19(5)48)18(4)59-38-30(41-20(6)49)32(61-23(9)52)31(60-22(8)51)26(62-38)15-58-21(7)50/h16-18,24-32,38,46-47H,10-15H2,1-9H3,(H2,39,53)(H,40,48)(H,41,49)(H,42,55)(H,43,54)(H,44,56)/t16-,17+,18+,24-,25-,26+,27-,28-,29-,30+,31-,32+,38-/m0/s1. The van der Waals surface area contributed by atoms with Crippen molar-refractivity contribution in [1.29, 1.82) is 0 Å². The predicted molar refractivity (Wildman–Crippen MR) is 210 cm³/mol. The Balaban J connectivity index is 2.66. The lowest BCUT2D eigenvalue weighted by Crippen LogP contribution is -2.68. The number of esters is 3. The molecule has 0 aliphatic carbocycles. The number of amides is 7. The second-order valence-electron chi connectivity index (χ2n) is 15.2. The number of likely N-dealkylation sites (tertiary alicyclic amines) is 1. The molecule has 7 amide bonds. The maximum atomic E-state index is 14.7. The first-order valence-electron chi connectivity index (χ1n) is 20.1. The van der Waals surface area contributed by atoms with E-state index in [4.69, 9.17) is 29.4 Å². The topological polar surface area (TPSA) is 347 Å². The van der Waals surface area contributed by atoms with Gasteiger partial charge in [0, 0.05) is 41.2 Å². The average molecular weight is 888 g/mol. The van der Waals surface area contributed by atoms with Crippen LogP contribution in [0.4, 0.5) is 0 Å². The lowest BCUT2D eigenvalue weighted by molar-refractivity contribution is -0.287. The molecule has 0 spiro atoms. The highest BCUT2D eigenvalue weighted by Crippen LogP contribution is 2.30. The van der Waals surface area contributed by atoms with Gasteiger partial charge in [0.25, 0.3) is 0 Å². The molecule has 2 aliphatic heterocycles. The summed E-state index contributed by atoms with van der Waals surface area (Å²) in [5, 5.41) is 32.2. The first-order chi connectivity index (χ1) is 28.9. The Morgan fingerprint density at radius 1 is 0.790 bits per heavy atom. The number of rotatable bonds is 21. The van der Waals surface area contributed by atoms with Gasteiger partial charge in [-0.1, -0.05) is 20.3 Å². The molecule has 350 valence electrons. The number of ether oxygens (including phenoxy) is 5. The minimum absolute atomic E-state index is 0.0481. The van der Waals surface area contributed by atoms with E-state index in [1.165, 1.54) is 13.8 Å². The van der Waals surface area contributed by atoms with Gasteiger partial charge in [-0.3, -0.25) is 47.9 Å². The molecule has 2 saturated heterocycles. The van der Waals surface area contributed by atoms with E-state index in [-0.39, 0.29) is 19.4 Å². The third-order valence-electron chi connectivity index (χ3n) is 10.1. The molecule has 0 radical (unpaired) electrons. The molecule has 0 bridgehead atoms. The SMILES string of the molecule is CC[C@H](C)[C@H](NC(=O)[C@@H]1CCCN1C(=O)[C@@H](NC(=O)[C@@H](NC(C)=O)[C@@H](C)O)[C@@H](C)O[C@H]1O[C@H](COC(C)=O)[C@H](OC(C)=O)[C@H](OC(C)=O)[C@H]1NC(C)=O)C(=O)N[C@@H](CO)C(N)=O. The van der Waals surface area contributed by atoms with Crippen molar-refractivity contribution in [2.75, 3.05) is 19.8 Å². The highest BCUT2D eigenvalue weighted by Gasteiger charge is 2.53. The van der Waals surface area contributed by atoms with Gasteiger partial charge in [-0.25, -0.2) is 0 Å². The summed E-state index contributed by atoms with van der Waals surface area (Å²) < 4.78 is 28.4. The van der Waals surface area contributed by atoms with Crippen molar-refractivity contribution < 1.29 is 81.8 Å². The summed E-state index contributed by atoms with van der Waals surface area (Å²) in [7, 11) is 0. The van der Waals surface area contributed by atoms with Crippen LogP contribution in [0.1, 0.15) is 81.6 Å². The number of carbonyl (C=O) groups is 10. The second kappa shape index (κ2) is 24.2. The Morgan fingerprint density at radius 3 is 1.89 bits per heavy atom. The van der Waals surface area contributed by atoms with Crippen molar-refractivity contribution in [1.82, 2.24) is 31.5 Å². The number of hydrogen-bond acceptors (Lipinski definition) is 17. The lowest BCUT2D eigenvalue weighted by Gasteiger charge is -2.46. The molecule has 62 heavy (non-hydrogen) atoms. The number of aliphatic hydroxyl groups is 2. The summed E-state index contributed by atoms with van der Waals surface area (Å²) in [6, 6.07) is -8.80. The largest absolute Gasteiger partial charge is 0.463 e. The zero-order valence-corrected chi connectivity index (χ0v) is 36.3. The molecule has 0 unspecified atom stereocenters. The number of aliphatic hydroxyl groups excluding tert-OH is 2. The Labute approximate surface area is 358 Å². The Bertz CT molecular complexity index is 1660. The molecule has 24 heteroatoms. The fourth-order valence-electron chi connectivity index (χ4n) is 6.85. The average Bonchev–Trinajstić information content (AvgIpc) is 3.67. The van der Waals surface area contributed by atoms with Gasteiger partial charge in [0.05, 0.1) is 18.8 Å². The van der Waals surface area contributed by atoms with Crippen molar-refractivity contribution >= 4 is 59.3 Å². The quantitative estimate of drug-likeness (QED) is 0.0401. The molecule has 0 aromatic carbocycles. The monoisotopic (exact) mass is 887 g/mol. The van der Waals surface area contributed by atoms with E-state index >= 15 is 0 Å². The van der Waals surface area contributed by atoms with Gasteiger partial charge in [-0.2, -0.15) is 0 Å². The molecule has 24 nitrogen and oxygen atoms in total. The summed E-state index contributed by atoms with van der Waals surface area (Å²) in [6.07, 6.45) is -8.43. The predicted octanol–water partition coefficient (Wildman–Crippen LogP) is -4.10. The van der Waals surface area contributed by atoms with Crippen LogP contribution in [0, 0.1) is 5.92 Å². The normalized spacial score (nSPS) is 24.3. The van der Waals surface area contributed by atoms with Crippen molar-refractivity contribution in [2.45, 2.75) is 155 Å². The second-order valence-corrected chi connectivity index (χ2v) is 15.2. The molecule has 2 fully saturated rings. The summed E-state index contributed by atoms with van der Waals surface area (Å²) in [6.45, 7) is 9.84. The molecule has 2 rings (SSSR count). The van der Waals surface area contributed by atoms with E-state index in [1.54, 1.807) is 13.8 Å². The van der Waals surface area contributed by atoms with Crippen LogP contribution < -0.4 is 32.3 Å². The van der Waals surface area contributed by atoms with E-state index in [0.29, 0.717) is 6.42 Å². The molecule has 9 N–H and O–H groups in total. The molecule has 13 atom stereocenters. The van der Waals surface area contributed by atoms with Crippen LogP contribution >= 0.6 is 0 Å². The summed E-state index contributed by atoms with van der Waals surface area (Å²) >= 11 is 0. The number of nitrogens with two attached hydrogens (primary N) is 1. The van der Waals surface area contributed by atoms with E-state index in [1.807, 2.05) is 0 Å². The Hall–Kier alpha value is -5.46. The maximum Gasteiger partial charge on any atom is 0.303 e. The highest BCUT2D eigenvalue weighted by atomic mass is 16.7. The van der Waals surface area contributed by atoms with Gasteiger partial charge in [0.1, 0.15) is 49.0 Å². The van der Waals surface area contributed by atoms with Crippen LogP contribution in [0.2, 0.25) is 0 Å². The van der Waals surface area contributed by atoms with E-state index in [0.717, 1.165) is 39.5 Å². The molecule has 0 aromatic rings. The number of carbonyl (C=O) groups excluding carboxylic acids is 10. The lowest BCUT2D eigenvalue weighted by atomic mass is 9.95. The zero-order valence-electron chi connectivity index (χ0n) is 36.3. The van der Waals surface area contributed by atoms with Crippen molar-refractivity contribution in [3.8, 4) is 0 Å². The van der Waals surface area contributed by atoms with E-state index in [9.17, 15) is 58.2 Å². The van der Waals surface area contributed by atoms with Gasteiger partial charge < -0.3 is 71.1 Å². The van der Waals surface area contributed by atoms with Crippen LogP contribution in [0.15, 0.2) is 0 Å². The molecular weight excluding hydrogens is 826 g/mol. The summed E-state index contributed by atoms with van der Waals surface area (Å²) in [4.78, 5) is 130. The van der Waals surface area contributed by atoms with Gasteiger partial charge in [0.15, 0.2) is 18.5 Å². The van der Waals surface area contributed by atoms with Crippen LogP contribution in [-0.2, 0) is 71.6 Å². The molecule has 0 saturated carbocycles. The van der Waals surface area contributed by atoms with Crippen molar-refractivity contribution in [3.63, 3.8) is 0 Å². The van der Waals surface area contributed by atoms with Gasteiger partial charge in [-0.05, 0) is 32.6 Å². The smallest absolute Gasteiger partial charge is 0.303 e. The minimum Gasteiger partial charge on any atom is -0.463 e. The highest BCUT2D eigenvalue weighted by molar-refractivity contribution is 5.97. The minimum atomic E-state index is -1.77. The van der Waals surface area contributed by atoms with Crippen LogP contribution in [-0.4, -0.2) is 167 Å². The number of nitrogens with one attached hydrogen (secondary N) is 5.